The van der Waals surface area contributed by atoms with Crippen molar-refractivity contribution in [3.05, 3.63) is 93.3 Å². The van der Waals surface area contributed by atoms with E-state index in [1.165, 1.54) is 37.4 Å². The van der Waals surface area contributed by atoms with Gasteiger partial charge < -0.3 is 10.5 Å². The summed E-state index contributed by atoms with van der Waals surface area (Å²) in [5.74, 6) is -3.55. The van der Waals surface area contributed by atoms with Crippen molar-refractivity contribution in [2.75, 3.05) is 12.8 Å². The summed E-state index contributed by atoms with van der Waals surface area (Å²) in [4.78, 5) is 36.8. The van der Waals surface area contributed by atoms with E-state index in [4.69, 9.17) is 5.73 Å². The van der Waals surface area contributed by atoms with E-state index in [-0.39, 0.29) is 28.2 Å². The van der Waals surface area contributed by atoms with Crippen LogP contribution in [0.15, 0.2) is 59.4 Å². The Bertz CT molecular complexity index is 1160. The molecule has 2 N–H and O–H groups in total. The molecule has 2 aromatic carbocycles. The van der Waals surface area contributed by atoms with Crippen LogP contribution in [0.25, 0.3) is 5.69 Å². The van der Waals surface area contributed by atoms with Crippen molar-refractivity contribution < 1.29 is 23.1 Å². The summed E-state index contributed by atoms with van der Waals surface area (Å²) in [5, 5.41) is 0. The van der Waals surface area contributed by atoms with Crippen LogP contribution in [-0.4, -0.2) is 23.4 Å². The molecule has 1 heterocycles. The van der Waals surface area contributed by atoms with Gasteiger partial charge in [-0.2, -0.15) is 0 Å². The van der Waals surface area contributed by atoms with Gasteiger partial charge in [0.1, 0.15) is 17.5 Å². The van der Waals surface area contributed by atoms with Gasteiger partial charge in [0.2, 0.25) is 0 Å². The van der Waals surface area contributed by atoms with E-state index in [2.05, 4.69) is 4.74 Å². The number of ether oxygens (including phenoxy) is 1. The second-order valence-corrected chi connectivity index (χ2v) is 5.80. The number of ketones is 1. The highest BCUT2D eigenvalue weighted by atomic mass is 19.1. The molecular formula is C20H14F2N2O4. The van der Waals surface area contributed by atoms with Crippen molar-refractivity contribution in [2.24, 2.45) is 0 Å². The molecule has 0 saturated heterocycles. The van der Waals surface area contributed by atoms with Gasteiger partial charge in [-0.1, -0.05) is 6.07 Å². The molecule has 3 rings (SSSR count). The van der Waals surface area contributed by atoms with Crippen molar-refractivity contribution in [1.82, 2.24) is 4.57 Å². The van der Waals surface area contributed by atoms with Crippen molar-refractivity contribution in [3.63, 3.8) is 0 Å². The first kappa shape index (κ1) is 19.0. The number of carbonyl (C=O) groups excluding carboxylic acids is 2. The lowest BCUT2D eigenvalue weighted by molar-refractivity contribution is 0.0600. The fraction of sp³-hybridized carbons (Fsp3) is 0.0500. The number of nitrogens with two attached hydrogens (primary N) is 1. The van der Waals surface area contributed by atoms with Crippen LogP contribution in [0.4, 0.5) is 14.6 Å². The largest absolute Gasteiger partial charge is 0.465 e. The van der Waals surface area contributed by atoms with E-state index >= 15 is 0 Å². The standard InChI is InChI=1S/C20H14F2N2O4/c1-28-20(27)11-3-2-4-13(9-11)24-17(25)8-7-15(19(24)23)18(26)14-6-5-12(21)10-16(14)22/h2-10H,23H2,1H3. The molecule has 0 bridgehead atoms. The highest BCUT2D eigenvalue weighted by molar-refractivity contribution is 6.11. The molecule has 0 saturated carbocycles. The molecule has 1 aromatic heterocycles. The van der Waals surface area contributed by atoms with E-state index in [0.717, 1.165) is 22.8 Å². The van der Waals surface area contributed by atoms with Gasteiger partial charge in [0, 0.05) is 12.1 Å². The number of pyridine rings is 1. The molecule has 28 heavy (non-hydrogen) atoms. The fourth-order valence-electron chi connectivity index (χ4n) is 2.72. The Morgan fingerprint density at radius 2 is 1.71 bits per heavy atom. The third-order valence-corrected chi connectivity index (χ3v) is 4.08. The van der Waals surface area contributed by atoms with E-state index in [0.29, 0.717) is 6.07 Å². The van der Waals surface area contributed by atoms with E-state index in [1.807, 2.05) is 0 Å². The molecule has 0 spiro atoms. The minimum Gasteiger partial charge on any atom is -0.465 e. The van der Waals surface area contributed by atoms with E-state index in [1.54, 1.807) is 0 Å². The lowest BCUT2D eigenvalue weighted by atomic mass is 10.0. The zero-order valence-corrected chi connectivity index (χ0v) is 14.6. The summed E-state index contributed by atoms with van der Waals surface area (Å²) in [6.07, 6.45) is 0. The van der Waals surface area contributed by atoms with Crippen LogP contribution in [-0.2, 0) is 4.74 Å². The Morgan fingerprint density at radius 1 is 1.00 bits per heavy atom. The molecule has 6 nitrogen and oxygen atoms in total. The van der Waals surface area contributed by atoms with Crippen LogP contribution in [0.3, 0.4) is 0 Å². The number of carbonyl (C=O) groups is 2. The van der Waals surface area contributed by atoms with E-state index < -0.39 is 28.9 Å². The van der Waals surface area contributed by atoms with Crippen LogP contribution in [0, 0.1) is 11.6 Å². The van der Waals surface area contributed by atoms with Crippen molar-refractivity contribution in [3.8, 4) is 5.69 Å². The van der Waals surface area contributed by atoms with Gasteiger partial charge in [-0.15, -0.1) is 0 Å². The van der Waals surface area contributed by atoms with Gasteiger partial charge in [0.15, 0.2) is 5.78 Å². The maximum atomic E-state index is 14.0. The first-order valence-corrected chi connectivity index (χ1v) is 8.03. The quantitative estimate of drug-likeness (QED) is 0.552. The predicted octanol–water partition coefficient (Wildman–Crippen LogP) is 2.72. The number of nitrogen functional groups attached to an aromatic ring is 1. The molecule has 0 fully saturated rings. The second kappa shape index (κ2) is 7.43. The van der Waals surface area contributed by atoms with Crippen LogP contribution >= 0.6 is 0 Å². The zero-order chi connectivity index (χ0) is 20.4. The molecule has 142 valence electrons. The molecule has 8 heteroatoms. The topological polar surface area (TPSA) is 91.4 Å². The average molecular weight is 384 g/mol. The lowest BCUT2D eigenvalue weighted by Gasteiger charge is -2.14. The third-order valence-electron chi connectivity index (χ3n) is 4.08. The Morgan fingerprint density at radius 3 is 2.39 bits per heavy atom. The monoisotopic (exact) mass is 384 g/mol. The highest BCUT2D eigenvalue weighted by Crippen LogP contribution is 2.21. The summed E-state index contributed by atoms with van der Waals surface area (Å²) in [7, 11) is 1.21. The molecule has 0 atom stereocenters. The second-order valence-electron chi connectivity index (χ2n) is 5.80. The summed E-state index contributed by atoms with van der Waals surface area (Å²) in [6, 6.07) is 10.7. The highest BCUT2D eigenvalue weighted by Gasteiger charge is 2.20. The summed E-state index contributed by atoms with van der Waals surface area (Å²) in [6.45, 7) is 0. The maximum absolute atomic E-state index is 14.0. The van der Waals surface area contributed by atoms with Crippen LogP contribution in [0.1, 0.15) is 26.3 Å². The first-order valence-electron chi connectivity index (χ1n) is 8.03. The van der Waals surface area contributed by atoms with Gasteiger partial charge in [-0.3, -0.25) is 14.2 Å². The van der Waals surface area contributed by atoms with Crippen LogP contribution < -0.4 is 11.3 Å². The number of anilines is 1. The third kappa shape index (κ3) is 3.39. The number of methoxy groups -OCH3 is 1. The Balaban J connectivity index is 2.15. The number of nitrogens with zero attached hydrogens (tertiary/aromatic N) is 1. The van der Waals surface area contributed by atoms with Crippen LogP contribution in [0.2, 0.25) is 0 Å². The first-order chi connectivity index (χ1) is 13.3. The summed E-state index contributed by atoms with van der Waals surface area (Å²) < 4.78 is 32.7. The van der Waals surface area contributed by atoms with Crippen molar-refractivity contribution >= 4 is 17.6 Å². The maximum Gasteiger partial charge on any atom is 0.337 e. The van der Waals surface area contributed by atoms with E-state index in [9.17, 15) is 23.2 Å². The smallest absolute Gasteiger partial charge is 0.337 e. The van der Waals surface area contributed by atoms with Crippen molar-refractivity contribution in [2.45, 2.75) is 0 Å². The number of esters is 1. The normalized spacial score (nSPS) is 10.5. The number of hydrogen-bond donors (Lipinski definition) is 1. The average Bonchev–Trinajstić information content (AvgIpc) is 2.67. The fourth-order valence-corrected chi connectivity index (χ4v) is 2.72. The number of rotatable bonds is 4. The number of benzene rings is 2. The lowest BCUT2D eigenvalue weighted by Crippen LogP contribution is -2.24. The van der Waals surface area contributed by atoms with Gasteiger partial charge in [0.25, 0.3) is 5.56 Å². The van der Waals surface area contributed by atoms with Crippen LogP contribution in [0.5, 0.6) is 0 Å². The number of halogens is 2. The Hall–Kier alpha value is -3.81. The Kier molecular flexibility index (Phi) is 5.04. The minimum absolute atomic E-state index is 0.145. The molecular weight excluding hydrogens is 370 g/mol. The molecule has 0 radical (unpaired) electrons. The Labute approximate surface area is 157 Å². The molecule has 3 aromatic rings. The molecule has 0 aliphatic heterocycles. The molecule has 0 aliphatic rings. The number of hydrogen-bond acceptors (Lipinski definition) is 5. The SMILES string of the molecule is COC(=O)c1cccc(-n2c(N)c(C(=O)c3ccc(F)cc3F)ccc2=O)c1. The molecule has 0 amide bonds. The zero-order valence-electron chi connectivity index (χ0n) is 14.6. The summed E-state index contributed by atoms with van der Waals surface area (Å²) in [5.41, 5.74) is 5.33. The van der Waals surface area contributed by atoms with Gasteiger partial charge >= 0.3 is 5.97 Å². The van der Waals surface area contributed by atoms with Gasteiger partial charge in [-0.25, -0.2) is 13.6 Å². The van der Waals surface area contributed by atoms with Gasteiger partial charge in [0.05, 0.1) is 29.5 Å². The summed E-state index contributed by atoms with van der Waals surface area (Å²) >= 11 is 0. The molecule has 0 unspecified atom stereocenters. The minimum atomic E-state index is -1.05. The van der Waals surface area contributed by atoms with Crippen molar-refractivity contribution in [1.29, 1.82) is 0 Å². The predicted molar refractivity (Wildman–Crippen MR) is 97.6 cm³/mol. The van der Waals surface area contributed by atoms with Gasteiger partial charge in [-0.05, 0) is 36.4 Å². The number of aromatic nitrogens is 1. The molecule has 0 aliphatic carbocycles.